The van der Waals surface area contributed by atoms with E-state index >= 15 is 0 Å². The van der Waals surface area contributed by atoms with Gasteiger partial charge in [-0.15, -0.1) is 0 Å². The molecule has 0 radical (unpaired) electrons. The van der Waals surface area contributed by atoms with Crippen molar-refractivity contribution in [1.82, 2.24) is 10.6 Å². The average molecular weight is 232 g/mol. The molecule has 1 atom stereocenters. The minimum absolute atomic E-state index is 0.246. The van der Waals surface area contributed by atoms with Gasteiger partial charge in [-0.25, -0.2) is 0 Å². The number of carbonyl (C=O) groups is 2. The van der Waals surface area contributed by atoms with Crippen LogP contribution >= 0.6 is 0 Å². The molecule has 0 bridgehead atoms. The Balaban J connectivity index is 2.02. The third-order valence-corrected chi connectivity index (χ3v) is 3.13. The van der Waals surface area contributed by atoms with Gasteiger partial charge < -0.3 is 5.32 Å². The summed E-state index contributed by atoms with van der Waals surface area (Å²) in [5, 5.41) is 5.56. The van der Waals surface area contributed by atoms with E-state index in [1.54, 1.807) is 24.3 Å². The van der Waals surface area contributed by atoms with Crippen LogP contribution in [-0.2, 0) is 4.79 Å². The molecule has 1 saturated heterocycles. The van der Waals surface area contributed by atoms with Crippen LogP contribution in [0.15, 0.2) is 30.3 Å². The quantitative estimate of drug-likeness (QED) is 0.750. The first-order chi connectivity index (χ1) is 8.12. The summed E-state index contributed by atoms with van der Waals surface area (Å²) in [4.78, 5) is 23.8. The molecule has 90 valence electrons. The van der Waals surface area contributed by atoms with Gasteiger partial charge in [-0.1, -0.05) is 18.2 Å². The molecule has 2 amide bonds. The molecule has 4 nitrogen and oxygen atoms in total. The van der Waals surface area contributed by atoms with E-state index in [4.69, 9.17) is 0 Å². The highest BCUT2D eigenvalue weighted by Gasteiger charge is 2.36. The number of hydrogen-bond acceptors (Lipinski definition) is 3. The summed E-state index contributed by atoms with van der Waals surface area (Å²) >= 11 is 0. The van der Waals surface area contributed by atoms with Crippen LogP contribution in [0.25, 0.3) is 0 Å². The topological polar surface area (TPSA) is 58.2 Å². The Kier molecular flexibility index (Phi) is 3.24. The Bertz CT molecular complexity index is 422. The lowest BCUT2D eigenvalue weighted by atomic mass is 9.99. The zero-order chi connectivity index (χ0) is 12.3. The van der Waals surface area contributed by atoms with Gasteiger partial charge in [0.15, 0.2) is 0 Å². The Morgan fingerprint density at radius 1 is 1.29 bits per heavy atom. The first-order valence-corrected chi connectivity index (χ1v) is 5.78. The smallest absolute Gasteiger partial charge is 0.257 e. The Morgan fingerprint density at radius 2 is 2.00 bits per heavy atom. The van der Waals surface area contributed by atoms with Gasteiger partial charge in [0.05, 0.1) is 5.54 Å². The maximum Gasteiger partial charge on any atom is 0.257 e. The van der Waals surface area contributed by atoms with Crippen LogP contribution in [0.1, 0.15) is 30.1 Å². The number of imide groups is 1. The normalized spacial score (nSPS) is 23.4. The summed E-state index contributed by atoms with van der Waals surface area (Å²) in [5.74, 6) is -0.589. The molecule has 2 rings (SSSR count). The summed E-state index contributed by atoms with van der Waals surface area (Å²) in [6, 6.07) is 8.75. The largest absolute Gasteiger partial charge is 0.304 e. The van der Waals surface area contributed by atoms with E-state index < -0.39 is 5.54 Å². The Hall–Kier alpha value is -1.68. The minimum atomic E-state index is -0.607. The fourth-order valence-electron chi connectivity index (χ4n) is 1.99. The lowest BCUT2D eigenvalue weighted by Gasteiger charge is -2.22. The molecule has 0 unspecified atom stereocenters. The SMILES string of the molecule is C[C@]1(C(=O)NC(=O)c2ccccc2)CCCN1. The molecule has 0 aromatic heterocycles. The predicted molar refractivity (Wildman–Crippen MR) is 64.6 cm³/mol. The van der Waals surface area contributed by atoms with Crippen molar-refractivity contribution < 1.29 is 9.59 Å². The molecule has 1 heterocycles. The van der Waals surface area contributed by atoms with Crippen LogP contribution in [0.3, 0.4) is 0 Å². The average Bonchev–Trinajstić information content (AvgIpc) is 2.78. The second kappa shape index (κ2) is 4.67. The van der Waals surface area contributed by atoms with Gasteiger partial charge in [0.2, 0.25) is 5.91 Å². The summed E-state index contributed by atoms with van der Waals surface area (Å²) < 4.78 is 0. The summed E-state index contributed by atoms with van der Waals surface area (Å²) in [7, 11) is 0. The molecule has 1 aromatic carbocycles. The van der Waals surface area contributed by atoms with Crippen molar-refractivity contribution in [3.63, 3.8) is 0 Å². The number of amides is 2. The van der Waals surface area contributed by atoms with Crippen molar-refractivity contribution in [2.75, 3.05) is 6.54 Å². The highest BCUT2D eigenvalue weighted by molar-refractivity contribution is 6.07. The molecule has 1 aliphatic heterocycles. The lowest BCUT2D eigenvalue weighted by molar-refractivity contribution is -0.125. The van der Waals surface area contributed by atoms with Crippen molar-refractivity contribution in [3.05, 3.63) is 35.9 Å². The van der Waals surface area contributed by atoms with E-state index in [-0.39, 0.29) is 11.8 Å². The van der Waals surface area contributed by atoms with Crippen molar-refractivity contribution in [2.24, 2.45) is 0 Å². The Morgan fingerprint density at radius 3 is 2.59 bits per heavy atom. The van der Waals surface area contributed by atoms with E-state index in [0.29, 0.717) is 5.56 Å². The standard InChI is InChI=1S/C13H16N2O2/c1-13(8-5-9-14-13)12(17)15-11(16)10-6-3-2-4-7-10/h2-4,6-7,14H,5,8-9H2,1H3,(H,15,16,17)/t13-/m1/s1. The molecule has 1 fully saturated rings. The molecule has 2 N–H and O–H groups in total. The van der Waals surface area contributed by atoms with Crippen LogP contribution in [-0.4, -0.2) is 23.9 Å². The van der Waals surface area contributed by atoms with Gasteiger partial charge in [0, 0.05) is 5.56 Å². The summed E-state index contributed by atoms with van der Waals surface area (Å²) in [5.41, 5.74) is -0.104. The van der Waals surface area contributed by atoms with Crippen molar-refractivity contribution in [3.8, 4) is 0 Å². The first kappa shape index (κ1) is 11.8. The van der Waals surface area contributed by atoms with Gasteiger partial charge in [-0.05, 0) is 38.4 Å². The van der Waals surface area contributed by atoms with Gasteiger partial charge in [0.25, 0.3) is 5.91 Å². The minimum Gasteiger partial charge on any atom is -0.304 e. The maximum atomic E-state index is 12.0. The van der Waals surface area contributed by atoms with Crippen LogP contribution in [0.4, 0.5) is 0 Å². The van der Waals surface area contributed by atoms with Crippen molar-refractivity contribution in [2.45, 2.75) is 25.3 Å². The first-order valence-electron chi connectivity index (χ1n) is 5.78. The van der Waals surface area contributed by atoms with Crippen molar-refractivity contribution in [1.29, 1.82) is 0 Å². The number of rotatable bonds is 2. The summed E-state index contributed by atoms with van der Waals surface area (Å²) in [6.45, 7) is 2.65. The van der Waals surface area contributed by atoms with E-state index in [9.17, 15) is 9.59 Å². The monoisotopic (exact) mass is 232 g/mol. The Labute approximate surface area is 100 Å². The molecule has 4 heteroatoms. The molecular weight excluding hydrogens is 216 g/mol. The van der Waals surface area contributed by atoms with E-state index in [1.165, 1.54) is 0 Å². The molecule has 0 saturated carbocycles. The highest BCUT2D eigenvalue weighted by atomic mass is 16.2. The zero-order valence-corrected chi connectivity index (χ0v) is 9.82. The fourth-order valence-corrected chi connectivity index (χ4v) is 1.99. The molecule has 1 aliphatic rings. The molecule has 17 heavy (non-hydrogen) atoms. The molecule has 0 spiro atoms. The third kappa shape index (κ3) is 2.53. The maximum absolute atomic E-state index is 12.0. The predicted octanol–water partition coefficient (Wildman–Crippen LogP) is 1.09. The van der Waals surface area contributed by atoms with Crippen LogP contribution in [0, 0.1) is 0 Å². The van der Waals surface area contributed by atoms with Gasteiger partial charge in [-0.3, -0.25) is 14.9 Å². The van der Waals surface area contributed by atoms with Crippen LogP contribution in [0.5, 0.6) is 0 Å². The number of benzene rings is 1. The second-order valence-corrected chi connectivity index (χ2v) is 4.51. The van der Waals surface area contributed by atoms with Crippen LogP contribution < -0.4 is 10.6 Å². The van der Waals surface area contributed by atoms with Gasteiger partial charge in [0.1, 0.15) is 0 Å². The third-order valence-electron chi connectivity index (χ3n) is 3.13. The fraction of sp³-hybridized carbons (Fsp3) is 0.385. The number of carbonyl (C=O) groups excluding carboxylic acids is 2. The lowest BCUT2D eigenvalue weighted by Crippen LogP contribution is -2.52. The van der Waals surface area contributed by atoms with Crippen molar-refractivity contribution >= 4 is 11.8 Å². The van der Waals surface area contributed by atoms with E-state index in [0.717, 1.165) is 19.4 Å². The number of nitrogens with one attached hydrogen (secondary N) is 2. The molecule has 1 aromatic rings. The molecule has 0 aliphatic carbocycles. The summed E-state index contributed by atoms with van der Waals surface area (Å²) in [6.07, 6.45) is 1.73. The highest BCUT2D eigenvalue weighted by Crippen LogP contribution is 2.18. The van der Waals surface area contributed by atoms with E-state index in [2.05, 4.69) is 10.6 Å². The number of hydrogen-bond donors (Lipinski definition) is 2. The zero-order valence-electron chi connectivity index (χ0n) is 9.82. The van der Waals surface area contributed by atoms with Gasteiger partial charge >= 0.3 is 0 Å². The molecular formula is C13H16N2O2. The van der Waals surface area contributed by atoms with Gasteiger partial charge in [-0.2, -0.15) is 0 Å². The van der Waals surface area contributed by atoms with E-state index in [1.807, 2.05) is 13.0 Å². The van der Waals surface area contributed by atoms with Crippen LogP contribution in [0.2, 0.25) is 0 Å². The second-order valence-electron chi connectivity index (χ2n) is 4.51.